The molecule has 1 aliphatic rings. The number of carbonyl (C=O) groups is 1. The highest BCUT2D eigenvalue weighted by Gasteiger charge is 2.19. The molecule has 3 heterocycles. The van der Waals surface area contributed by atoms with Gasteiger partial charge in [-0.05, 0) is 36.2 Å². The number of carbonyl (C=O) groups excluding carboxylic acids is 1. The number of benzene rings is 1. The number of anilines is 1. The molecule has 3 aromatic rings. The van der Waals surface area contributed by atoms with E-state index in [1.54, 1.807) is 18.3 Å². The van der Waals surface area contributed by atoms with Crippen molar-refractivity contribution in [2.45, 2.75) is 6.92 Å². The molecule has 0 aliphatic carbocycles. The van der Waals surface area contributed by atoms with Crippen molar-refractivity contribution in [1.29, 1.82) is 0 Å². The van der Waals surface area contributed by atoms with Crippen molar-refractivity contribution < 1.29 is 9.53 Å². The number of hydrogen-bond donors (Lipinski definition) is 0. The molecule has 5 nitrogen and oxygen atoms in total. The van der Waals surface area contributed by atoms with Crippen molar-refractivity contribution >= 4 is 44.8 Å². The minimum Gasteiger partial charge on any atom is -0.378 e. The van der Waals surface area contributed by atoms with Crippen molar-refractivity contribution in [3.8, 4) is 10.4 Å². The van der Waals surface area contributed by atoms with Crippen LogP contribution in [0.25, 0.3) is 20.7 Å². The topological polar surface area (TPSA) is 55.3 Å². The molecule has 0 saturated carbocycles. The predicted octanol–water partition coefficient (Wildman–Crippen LogP) is 4.05. The van der Waals surface area contributed by atoms with Crippen LogP contribution in [0.2, 0.25) is 5.28 Å². The van der Waals surface area contributed by atoms with Gasteiger partial charge in [0.15, 0.2) is 11.6 Å². The molecule has 7 heteroatoms. The molecule has 0 radical (unpaired) electrons. The number of ketones is 1. The largest absolute Gasteiger partial charge is 0.378 e. The molecule has 1 fully saturated rings. The van der Waals surface area contributed by atoms with Crippen molar-refractivity contribution in [3.63, 3.8) is 0 Å². The summed E-state index contributed by atoms with van der Waals surface area (Å²) >= 11 is 7.77. The lowest BCUT2D eigenvalue weighted by Crippen LogP contribution is -2.36. The monoisotopic (exact) mass is 373 g/mol. The van der Waals surface area contributed by atoms with Gasteiger partial charge >= 0.3 is 0 Å². The SMILES string of the molecule is CC(=O)c1cccc(-c2cc3nc(Cl)nc(N4CCOCC4)c3s2)c1. The van der Waals surface area contributed by atoms with Gasteiger partial charge in [-0.1, -0.05) is 18.2 Å². The van der Waals surface area contributed by atoms with Gasteiger partial charge in [-0.3, -0.25) is 4.79 Å². The Morgan fingerprint density at radius 2 is 2.04 bits per heavy atom. The van der Waals surface area contributed by atoms with E-state index in [9.17, 15) is 4.79 Å². The summed E-state index contributed by atoms with van der Waals surface area (Å²) in [6.45, 7) is 4.51. The molecule has 1 aliphatic heterocycles. The first kappa shape index (κ1) is 16.4. The number of Topliss-reactive ketones (excluding diaryl/α,β-unsaturated/α-hetero) is 1. The first-order valence-corrected chi connectivity index (χ1v) is 9.22. The highest BCUT2D eigenvalue weighted by Crippen LogP contribution is 2.38. The molecular weight excluding hydrogens is 358 g/mol. The van der Waals surface area contributed by atoms with Gasteiger partial charge in [-0.2, -0.15) is 4.98 Å². The summed E-state index contributed by atoms with van der Waals surface area (Å²) in [6.07, 6.45) is 0. The number of halogens is 1. The lowest BCUT2D eigenvalue weighted by molar-refractivity contribution is 0.101. The quantitative estimate of drug-likeness (QED) is 0.512. The van der Waals surface area contributed by atoms with E-state index in [-0.39, 0.29) is 11.1 Å². The van der Waals surface area contributed by atoms with Gasteiger partial charge in [-0.25, -0.2) is 4.98 Å². The molecule has 0 bridgehead atoms. The van der Waals surface area contributed by atoms with E-state index in [0.29, 0.717) is 18.8 Å². The molecule has 128 valence electrons. The van der Waals surface area contributed by atoms with Crippen molar-refractivity contribution in [1.82, 2.24) is 9.97 Å². The molecule has 0 atom stereocenters. The Labute approximate surface area is 154 Å². The number of aromatic nitrogens is 2. The van der Waals surface area contributed by atoms with E-state index in [2.05, 4.69) is 14.9 Å². The van der Waals surface area contributed by atoms with E-state index in [1.807, 2.05) is 30.3 Å². The number of thiophene rings is 1. The summed E-state index contributed by atoms with van der Waals surface area (Å²) < 4.78 is 6.44. The van der Waals surface area contributed by atoms with Crippen LogP contribution < -0.4 is 4.90 Å². The fraction of sp³-hybridized carbons (Fsp3) is 0.278. The molecule has 0 unspecified atom stereocenters. The second kappa shape index (κ2) is 6.71. The standard InChI is InChI=1S/C18H16ClN3O2S/c1-11(23)12-3-2-4-13(9-12)15-10-14-16(25-15)17(21-18(19)20-14)22-5-7-24-8-6-22/h2-4,9-10H,5-8H2,1H3. The zero-order valence-electron chi connectivity index (χ0n) is 13.7. The van der Waals surface area contributed by atoms with Gasteiger partial charge < -0.3 is 9.64 Å². The molecule has 1 aromatic carbocycles. The summed E-state index contributed by atoms with van der Waals surface area (Å²) in [6, 6.07) is 9.65. The molecule has 0 amide bonds. The maximum Gasteiger partial charge on any atom is 0.224 e. The van der Waals surface area contributed by atoms with Crippen molar-refractivity contribution in [3.05, 3.63) is 41.2 Å². The Balaban J connectivity index is 1.82. The lowest BCUT2D eigenvalue weighted by Gasteiger charge is -2.28. The lowest BCUT2D eigenvalue weighted by atomic mass is 10.1. The van der Waals surface area contributed by atoms with E-state index < -0.39 is 0 Å². The maximum absolute atomic E-state index is 11.7. The molecular formula is C18H16ClN3O2S. The molecule has 0 spiro atoms. The van der Waals surface area contributed by atoms with Crippen LogP contribution in [-0.2, 0) is 4.74 Å². The van der Waals surface area contributed by atoms with Crippen molar-refractivity contribution in [2.75, 3.05) is 31.2 Å². The van der Waals surface area contributed by atoms with Gasteiger partial charge in [0.2, 0.25) is 5.28 Å². The van der Waals surface area contributed by atoms with Gasteiger partial charge in [0.05, 0.1) is 23.4 Å². The summed E-state index contributed by atoms with van der Waals surface area (Å²) in [5.41, 5.74) is 2.53. The predicted molar refractivity (Wildman–Crippen MR) is 101 cm³/mol. The minimum atomic E-state index is 0.0554. The van der Waals surface area contributed by atoms with Crippen LogP contribution >= 0.6 is 22.9 Å². The smallest absolute Gasteiger partial charge is 0.224 e. The Bertz CT molecular complexity index is 951. The maximum atomic E-state index is 11.7. The molecule has 0 N–H and O–H groups in total. The second-order valence-electron chi connectivity index (χ2n) is 5.88. The van der Waals surface area contributed by atoms with E-state index >= 15 is 0 Å². The zero-order chi connectivity index (χ0) is 17.4. The molecule has 4 rings (SSSR count). The molecule has 1 saturated heterocycles. The average Bonchev–Trinajstić information content (AvgIpc) is 3.05. The summed E-state index contributed by atoms with van der Waals surface area (Å²) in [7, 11) is 0. The fourth-order valence-corrected chi connectivity index (χ4v) is 4.19. The molecule has 2 aromatic heterocycles. The number of ether oxygens (including phenoxy) is 1. The Morgan fingerprint density at radius 1 is 1.24 bits per heavy atom. The number of hydrogen-bond acceptors (Lipinski definition) is 6. The third kappa shape index (κ3) is 3.25. The highest BCUT2D eigenvalue weighted by atomic mass is 35.5. The highest BCUT2D eigenvalue weighted by molar-refractivity contribution is 7.22. The Kier molecular flexibility index (Phi) is 4.41. The van der Waals surface area contributed by atoms with Crippen molar-refractivity contribution in [2.24, 2.45) is 0 Å². The van der Waals surface area contributed by atoms with Gasteiger partial charge in [0, 0.05) is 23.5 Å². The number of morpholine rings is 1. The number of fused-ring (bicyclic) bond motifs is 1. The van der Waals surface area contributed by atoms with E-state index in [4.69, 9.17) is 16.3 Å². The third-order valence-electron chi connectivity index (χ3n) is 4.19. The minimum absolute atomic E-state index is 0.0554. The average molecular weight is 374 g/mol. The Hall–Kier alpha value is -2.02. The second-order valence-corrected chi connectivity index (χ2v) is 7.27. The molecule has 25 heavy (non-hydrogen) atoms. The first-order valence-electron chi connectivity index (χ1n) is 8.03. The van der Waals surface area contributed by atoms with Crippen LogP contribution in [0.5, 0.6) is 0 Å². The number of nitrogens with zero attached hydrogens (tertiary/aromatic N) is 3. The van der Waals surface area contributed by atoms with Crippen LogP contribution in [0, 0.1) is 0 Å². The summed E-state index contributed by atoms with van der Waals surface area (Å²) in [5.74, 6) is 0.914. The van der Waals surface area contributed by atoms with Gasteiger partial charge in [0.25, 0.3) is 0 Å². The summed E-state index contributed by atoms with van der Waals surface area (Å²) in [5, 5.41) is 0.246. The van der Waals surface area contributed by atoms with Crippen LogP contribution in [0.15, 0.2) is 30.3 Å². The van der Waals surface area contributed by atoms with E-state index in [0.717, 1.165) is 39.6 Å². The normalized spacial score (nSPS) is 14.9. The van der Waals surface area contributed by atoms with Gasteiger partial charge in [0.1, 0.15) is 0 Å². The third-order valence-corrected chi connectivity index (χ3v) is 5.53. The summed E-state index contributed by atoms with van der Waals surface area (Å²) in [4.78, 5) is 23.7. The first-order chi connectivity index (χ1) is 12.1. The number of rotatable bonds is 3. The fourth-order valence-electron chi connectivity index (χ4n) is 2.91. The zero-order valence-corrected chi connectivity index (χ0v) is 15.2. The van der Waals surface area contributed by atoms with Crippen LogP contribution in [0.1, 0.15) is 17.3 Å². The van der Waals surface area contributed by atoms with Crippen LogP contribution in [0.3, 0.4) is 0 Å². The van der Waals surface area contributed by atoms with E-state index in [1.165, 1.54) is 0 Å². The Morgan fingerprint density at radius 3 is 2.80 bits per heavy atom. The van der Waals surface area contributed by atoms with Crippen LogP contribution in [0.4, 0.5) is 5.82 Å². The van der Waals surface area contributed by atoms with Crippen LogP contribution in [-0.4, -0.2) is 42.1 Å². The van der Waals surface area contributed by atoms with Gasteiger partial charge in [-0.15, -0.1) is 11.3 Å².